The Balaban J connectivity index is 1.75. The standard InChI is InChI=1S/C20H28N2O6S/c1-13(23)21-11-15-5-6-17(29-15)16(24)12-27-18(25)14-7-9-22(10-8-14)19(26)28-20(2,3)4/h5-6,14H,7-12H2,1-4H3,(H,21,23). The van der Waals surface area contributed by atoms with Gasteiger partial charge in [-0.15, -0.1) is 11.3 Å². The second kappa shape index (κ2) is 9.87. The average molecular weight is 425 g/mol. The van der Waals surface area contributed by atoms with E-state index >= 15 is 0 Å². The van der Waals surface area contributed by atoms with Gasteiger partial charge in [0.2, 0.25) is 11.7 Å². The van der Waals surface area contributed by atoms with Gasteiger partial charge in [0.1, 0.15) is 5.60 Å². The number of likely N-dealkylation sites (tertiary alicyclic amines) is 1. The van der Waals surface area contributed by atoms with Gasteiger partial charge >= 0.3 is 12.1 Å². The highest BCUT2D eigenvalue weighted by molar-refractivity contribution is 7.14. The van der Waals surface area contributed by atoms with Crippen LogP contribution in [0.1, 0.15) is 55.1 Å². The Bertz CT molecular complexity index is 759. The van der Waals surface area contributed by atoms with Crippen LogP contribution >= 0.6 is 11.3 Å². The van der Waals surface area contributed by atoms with Crippen LogP contribution in [0.15, 0.2) is 12.1 Å². The summed E-state index contributed by atoms with van der Waals surface area (Å²) in [7, 11) is 0. The summed E-state index contributed by atoms with van der Waals surface area (Å²) >= 11 is 1.26. The summed E-state index contributed by atoms with van der Waals surface area (Å²) in [6, 6.07) is 3.43. The van der Waals surface area contributed by atoms with Gasteiger partial charge in [0.05, 0.1) is 17.3 Å². The number of amides is 2. The van der Waals surface area contributed by atoms with E-state index in [9.17, 15) is 19.2 Å². The lowest BCUT2D eigenvalue weighted by atomic mass is 9.97. The van der Waals surface area contributed by atoms with Crippen LogP contribution in [0.25, 0.3) is 0 Å². The summed E-state index contributed by atoms with van der Waals surface area (Å²) in [5, 5.41) is 2.67. The first-order valence-corrected chi connectivity index (χ1v) is 10.4. The third kappa shape index (κ3) is 7.49. The van der Waals surface area contributed by atoms with Crippen molar-refractivity contribution in [3.63, 3.8) is 0 Å². The fraction of sp³-hybridized carbons (Fsp3) is 0.600. The summed E-state index contributed by atoms with van der Waals surface area (Å²) in [6.07, 6.45) is 0.574. The molecule has 1 fully saturated rings. The summed E-state index contributed by atoms with van der Waals surface area (Å²) in [4.78, 5) is 50.4. The number of carbonyl (C=O) groups is 4. The number of rotatable bonds is 6. The van der Waals surface area contributed by atoms with Crippen LogP contribution in [0.2, 0.25) is 0 Å². The van der Waals surface area contributed by atoms with Gasteiger partial charge in [0.15, 0.2) is 6.61 Å². The fourth-order valence-electron chi connectivity index (χ4n) is 2.78. The van der Waals surface area contributed by atoms with E-state index in [4.69, 9.17) is 9.47 Å². The summed E-state index contributed by atoms with van der Waals surface area (Å²) < 4.78 is 10.5. The van der Waals surface area contributed by atoms with Gasteiger partial charge in [0, 0.05) is 24.9 Å². The zero-order valence-corrected chi connectivity index (χ0v) is 18.1. The molecule has 2 amide bonds. The first-order valence-electron chi connectivity index (χ1n) is 9.56. The minimum Gasteiger partial charge on any atom is -0.457 e. The molecular formula is C20H28N2O6S. The van der Waals surface area contributed by atoms with E-state index in [0.29, 0.717) is 37.4 Å². The second-order valence-corrected chi connectivity index (χ2v) is 9.12. The molecule has 29 heavy (non-hydrogen) atoms. The number of hydrogen-bond donors (Lipinski definition) is 1. The van der Waals surface area contributed by atoms with E-state index in [2.05, 4.69) is 5.32 Å². The largest absolute Gasteiger partial charge is 0.457 e. The van der Waals surface area contributed by atoms with Gasteiger partial charge in [-0.2, -0.15) is 0 Å². The quantitative estimate of drug-likeness (QED) is 0.556. The Morgan fingerprint density at radius 2 is 1.83 bits per heavy atom. The number of ketones is 1. The first kappa shape index (κ1) is 22.9. The molecule has 1 aliphatic rings. The number of thiophene rings is 1. The normalized spacial score (nSPS) is 15.0. The summed E-state index contributed by atoms with van der Waals surface area (Å²) in [5.41, 5.74) is -0.559. The molecule has 0 aliphatic carbocycles. The van der Waals surface area contributed by atoms with Crippen molar-refractivity contribution in [3.05, 3.63) is 21.9 Å². The summed E-state index contributed by atoms with van der Waals surface area (Å²) in [6.45, 7) is 7.74. The summed E-state index contributed by atoms with van der Waals surface area (Å²) in [5.74, 6) is -1.17. The maximum atomic E-state index is 12.3. The van der Waals surface area contributed by atoms with Gasteiger partial charge in [-0.3, -0.25) is 14.4 Å². The van der Waals surface area contributed by atoms with Gasteiger partial charge in [-0.05, 0) is 45.7 Å². The number of carbonyl (C=O) groups excluding carboxylic acids is 4. The highest BCUT2D eigenvalue weighted by Crippen LogP contribution is 2.22. The van der Waals surface area contributed by atoms with E-state index in [1.807, 2.05) is 20.8 Å². The highest BCUT2D eigenvalue weighted by atomic mass is 32.1. The zero-order valence-electron chi connectivity index (χ0n) is 17.3. The van der Waals surface area contributed by atoms with Crippen LogP contribution in [0, 0.1) is 5.92 Å². The number of nitrogens with zero attached hydrogens (tertiary/aromatic N) is 1. The number of ether oxygens (including phenoxy) is 2. The molecule has 0 saturated carbocycles. The lowest BCUT2D eigenvalue weighted by Crippen LogP contribution is -2.43. The van der Waals surface area contributed by atoms with E-state index in [0.717, 1.165) is 4.88 Å². The number of Topliss-reactive ketones (excluding diaryl/α,β-unsaturated/α-hetero) is 1. The van der Waals surface area contributed by atoms with Gasteiger partial charge in [0.25, 0.3) is 0 Å². The van der Waals surface area contributed by atoms with Crippen molar-refractivity contribution in [2.24, 2.45) is 5.92 Å². The first-order chi connectivity index (χ1) is 13.5. The predicted octanol–water partition coefficient (Wildman–Crippen LogP) is 2.76. The molecule has 1 N–H and O–H groups in total. The SMILES string of the molecule is CC(=O)NCc1ccc(C(=O)COC(=O)C2CCN(C(=O)OC(C)(C)C)CC2)s1. The monoisotopic (exact) mass is 424 g/mol. The third-order valence-corrected chi connectivity index (χ3v) is 5.40. The molecule has 9 heteroatoms. The Hall–Kier alpha value is -2.42. The molecule has 0 radical (unpaired) electrons. The Morgan fingerprint density at radius 3 is 2.41 bits per heavy atom. The predicted molar refractivity (Wildman–Crippen MR) is 108 cm³/mol. The van der Waals surface area contributed by atoms with Crippen LogP contribution in [-0.2, 0) is 25.6 Å². The van der Waals surface area contributed by atoms with Crippen molar-refractivity contribution in [1.29, 1.82) is 0 Å². The van der Waals surface area contributed by atoms with E-state index in [-0.39, 0.29) is 30.3 Å². The number of piperidine rings is 1. The molecule has 1 aliphatic heterocycles. The smallest absolute Gasteiger partial charge is 0.410 e. The molecule has 2 rings (SSSR count). The van der Waals surface area contributed by atoms with Gasteiger partial charge in [-0.1, -0.05) is 0 Å². The van der Waals surface area contributed by atoms with Crippen LogP contribution in [0.3, 0.4) is 0 Å². The maximum Gasteiger partial charge on any atom is 0.410 e. The Morgan fingerprint density at radius 1 is 1.17 bits per heavy atom. The zero-order chi connectivity index (χ0) is 21.6. The minimum absolute atomic E-state index is 0.141. The molecule has 0 unspecified atom stereocenters. The van der Waals surface area contributed by atoms with E-state index in [1.54, 1.807) is 17.0 Å². The molecule has 1 aromatic heterocycles. The highest BCUT2D eigenvalue weighted by Gasteiger charge is 2.31. The number of nitrogens with one attached hydrogen (secondary N) is 1. The Kier molecular flexibility index (Phi) is 7.78. The van der Waals surface area contributed by atoms with E-state index < -0.39 is 11.6 Å². The lowest BCUT2D eigenvalue weighted by molar-refractivity contribution is -0.149. The van der Waals surface area contributed by atoms with Crippen molar-refractivity contribution in [1.82, 2.24) is 10.2 Å². The number of hydrogen-bond acceptors (Lipinski definition) is 7. The molecule has 8 nitrogen and oxygen atoms in total. The molecular weight excluding hydrogens is 396 g/mol. The van der Waals surface area contributed by atoms with Gasteiger partial charge in [-0.25, -0.2) is 4.79 Å². The van der Waals surface area contributed by atoms with Crippen LogP contribution in [-0.4, -0.2) is 54.0 Å². The van der Waals surface area contributed by atoms with Crippen LogP contribution < -0.4 is 5.32 Å². The maximum absolute atomic E-state index is 12.3. The van der Waals surface area contributed by atoms with Crippen LogP contribution in [0.4, 0.5) is 4.79 Å². The molecule has 0 bridgehead atoms. The molecule has 0 spiro atoms. The van der Waals surface area contributed by atoms with Crippen LogP contribution in [0.5, 0.6) is 0 Å². The van der Waals surface area contributed by atoms with Crippen molar-refractivity contribution in [2.45, 2.75) is 52.7 Å². The molecule has 1 aromatic rings. The molecule has 160 valence electrons. The second-order valence-electron chi connectivity index (χ2n) is 7.95. The van der Waals surface area contributed by atoms with E-state index in [1.165, 1.54) is 18.3 Å². The molecule has 0 atom stereocenters. The van der Waals surface area contributed by atoms with Crippen molar-refractivity contribution < 1.29 is 28.7 Å². The average Bonchev–Trinajstić information content (AvgIpc) is 3.12. The lowest BCUT2D eigenvalue weighted by Gasteiger charge is -2.32. The molecule has 2 heterocycles. The molecule has 0 aromatic carbocycles. The minimum atomic E-state index is -0.559. The fourth-order valence-corrected chi connectivity index (χ4v) is 3.66. The van der Waals surface area contributed by atoms with Crippen molar-refractivity contribution >= 4 is 35.1 Å². The van der Waals surface area contributed by atoms with Crippen molar-refractivity contribution in [3.8, 4) is 0 Å². The molecule has 1 saturated heterocycles. The third-order valence-electron chi connectivity index (χ3n) is 4.27. The Labute approximate surface area is 174 Å². The number of esters is 1. The van der Waals surface area contributed by atoms with Gasteiger partial charge < -0.3 is 19.7 Å². The topological polar surface area (TPSA) is 102 Å². The van der Waals surface area contributed by atoms with Crippen molar-refractivity contribution in [2.75, 3.05) is 19.7 Å².